The maximum absolute atomic E-state index is 7.76. The van der Waals surface area contributed by atoms with Crippen LogP contribution in [-0.2, 0) is 27.1 Å². The van der Waals surface area contributed by atoms with Crippen molar-refractivity contribution in [1.82, 2.24) is 4.57 Å². The maximum Gasteiger partial charge on any atom is 0.256 e. The van der Waals surface area contributed by atoms with E-state index in [0.717, 1.165) is 95.6 Å². The second-order valence-electron chi connectivity index (χ2n) is 32.7. The molecule has 0 unspecified atom stereocenters. The van der Waals surface area contributed by atoms with E-state index in [1.165, 1.54) is 94.4 Å². The molecule has 2 spiro atoms. The fraction of sp³-hybridized carbons (Fsp3) is 0.143. The van der Waals surface area contributed by atoms with Crippen molar-refractivity contribution < 1.29 is 4.74 Å². The molecule has 4 aliphatic heterocycles. The molecule has 5 nitrogen and oxygen atoms in total. The highest BCUT2D eigenvalue weighted by Gasteiger charge is 2.54. The third kappa shape index (κ3) is 8.06. The van der Waals surface area contributed by atoms with Gasteiger partial charge in [-0.1, -0.05) is 293 Å². The summed E-state index contributed by atoms with van der Waals surface area (Å²) in [6, 6.07) is 116. The Hall–Kier alpha value is -11.9. The van der Waals surface area contributed by atoms with Crippen molar-refractivity contribution in [3.63, 3.8) is 0 Å². The van der Waals surface area contributed by atoms with Crippen LogP contribution in [0.2, 0.25) is 0 Å². The third-order valence-corrected chi connectivity index (χ3v) is 24.1. The Kier molecular flexibility index (Phi) is 12.5. The average Bonchev–Trinajstić information content (AvgIpc) is 1.46. The van der Waals surface area contributed by atoms with Crippen LogP contribution in [0.25, 0.3) is 49.7 Å². The van der Waals surface area contributed by atoms with E-state index < -0.39 is 10.8 Å². The predicted octanol–water partition coefficient (Wildman–Crippen LogP) is 23.4. The molecule has 2 aliphatic carbocycles. The van der Waals surface area contributed by atoms with Gasteiger partial charge >= 0.3 is 0 Å². The van der Waals surface area contributed by atoms with Gasteiger partial charge in [0.25, 0.3) is 6.71 Å². The Morgan fingerprint density at radius 1 is 0.269 bits per heavy atom. The van der Waals surface area contributed by atoms with E-state index in [-0.39, 0.29) is 23.0 Å². The van der Waals surface area contributed by atoms with Crippen molar-refractivity contribution in [2.75, 3.05) is 14.7 Å². The van der Waals surface area contributed by atoms with E-state index in [4.69, 9.17) is 4.74 Å². The second-order valence-corrected chi connectivity index (χ2v) is 32.7. The fourth-order valence-electron chi connectivity index (χ4n) is 19.5. The zero-order valence-electron chi connectivity index (χ0n) is 60.1. The molecule has 6 heteroatoms. The highest BCUT2D eigenvalue weighted by molar-refractivity contribution is 6.99. The Bertz CT molecular complexity index is 5770. The van der Waals surface area contributed by atoms with Crippen LogP contribution in [0.1, 0.15) is 124 Å². The van der Waals surface area contributed by atoms with Crippen molar-refractivity contribution in [2.24, 2.45) is 0 Å². The summed E-state index contributed by atoms with van der Waals surface area (Å²) in [4.78, 5) is 7.77. The molecule has 104 heavy (non-hydrogen) atoms. The largest absolute Gasteiger partial charge is 0.458 e. The number of aromatic nitrogens is 1. The zero-order valence-corrected chi connectivity index (χ0v) is 60.1. The van der Waals surface area contributed by atoms with E-state index in [1.807, 2.05) is 0 Å². The quantitative estimate of drug-likeness (QED) is 0.164. The molecule has 498 valence electrons. The lowest BCUT2D eigenvalue weighted by Gasteiger charge is -2.45. The highest BCUT2D eigenvalue weighted by atomic mass is 16.5. The second kappa shape index (κ2) is 21.4. The topological polar surface area (TPSA) is 23.9 Å². The summed E-state index contributed by atoms with van der Waals surface area (Å²) in [6.45, 7) is 20.8. The van der Waals surface area contributed by atoms with E-state index in [9.17, 15) is 0 Å². The van der Waals surface area contributed by atoms with Gasteiger partial charge in [0, 0.05) is 33.9 Å². The molecule has 0 N–H and O–H groups in total. The zero-order chi connectivity index (χ0) is 70.1. The van der Waals surface area contributed by atoms with E-state index >= 15 is 0 Å². The van der Waals surface area contributed by atoms with Crippen LogP contribution in [0.5, 0.6) is 11.5 Å². The van der Waals surface area contributed by atoms with Crippen LogP contribution in [0, 0.1) is 0 Å². The van der Waals surface area contributed by atoms with Gasteiger partial charge in [-0.2, -0.15) is 0 Å². The minimum Gasteiger partial charge on any atom is -0.458 e. The normalized spacial score (nSPS) is 14.9. The molecule has 0 saturated heterocycles. The summed E-state index contributed by atoms with van der Waals surface area (Å²) in [5, 5.41) is 2.28. The number of ether oxygens (including phenoxy) is 1. The smallest absolute Gasteiger partial charge is 0.256 e. The van der Waals surface area contributed by atoms with Gasteiger partial charge in [0.15, 0.2) is 0 Å². The molecule has 15 aromatic rings. The number of rotatable bonds is 4. The van der Waals surface area contributed by atoms with Crippen LogP contribution in [0.3, 0.4) is 0 Å². The highest BCUT2D eigenvalue weighted by Crippen LogP contribution is 2.67. The van der Waals surface area contributed by atoms with Crippen molar-refractivity contribution in [2.45, 2.75) is 89.4 Å². The third-order valence-electron chi connectivity index (χ3n) is 24.1. The van der Waals surface area contributed by atoms with Crippen LogP contribution < -0.4 is 35.8 Å². The number of benzene rings is 14. The molecule has 0 fully saturated rings. The summed E-state index contributed by atoms with van der Waals surface area (Å²) >= 11 is 0. The predicted molar refractivity (Wildman–Crippen MR) is 434 cm³/mol. The Balaban J connectivity index is 0.896. The van der Waals surface area contributed by atoms with Crippen LogP contribution in [-0.4, -0.2) is 11.3 Å². The van der Waals surface area contributed by atoms with Gasteiger partial charge in [0.05, 0.1) is 61.7 Å². The first-order valence-electron chi connectivity index (χ1n) is 37.0. The number of para-hydroxylation sites is 6. The SMILES string of the molecule is CC(C)(C)c1ccc(N2c3ccc(C(C)(C)C)cc3B3c4cc(C(C)(C)C)ccc4Oc4cc(-n5c6c(N7c8ccccc8C8(c9ccccc9-c9ccccc98)c8ccccc87)cccc6c6cccc(N7c8ccccc8C8(c9ccccc9-c9ccccc98)c8ccccc87)c65)cc2c43)cc1. The van der Waals surface area contributed by atoms with Gasteiger partial charge < -0.3 is 24.0 Å². The van der Waals surface area contributed by atoms with Crippen molar-refractivity contribution in [3.8, 4) is 39.4 Å². The summed E-state index contributed by atoms with van der Waals surface area (Å²) < 4.78 is 10.4. The van der Waals surface area contributed by atoms with Crippen molar-refractivity contribution in [1.29, 1.82) is 0 Å². The number of fused-ring (bicyclic) bond motifs is 25. The summed E-state index contributed by atoms with van der Waals surface area (Å²) in [6.07, 6.45) is 0. The molecule has 5 heterocycles. The molecule has 14 aromatic carbocycles. The summed E-state index contributed by atoms with van der Waals surface area (Å²) in [5.74, 6) is 1.73. The fourth-order valence-corrected chi connectivity index (χ4v) is 19.5. The lowest BCUT2D eigenvalue weighted by Crippen LogP contribution is -2.60. The van der Waals surface area contributed by atoms with Gasteiger partial charge in [-0.05, 0) is 183 Å². The first-order valence-corrected chi connectivity index (χ1v) is 37.0. The van der Waals surface area contributed by atoms with E-state index in [2.05, 4.69) is 385 Å². The van der Waals surface area contributed by atoms with Crippen LogP contribution in [0.4, 0.5) is 51.2 Å². The molecule has 0 saturated carbocycles. The molecule has 0 atom stereocenters. The molecule has 0 bridgehead atoms. The molecular formula is C98H77BN4O. The summed E-state index contributed by atoms with van der Waals surface area (Å²) in [7, 11) is 0. The Morgan fingerprint density at radius 2 is 0.635 bits per heavy atom. The number of hydrogen-bond donors (Lipinski definition) is 0. The standard InChI is InChI=1S/C98H77BN4O/c1-94(2,3)60-48-52-63(53-49-60)100-85-54-50-61(95(4,5)6)56-79(85)99-80-57-62(96(7,8)9)51-55-89(80)104-90-59-64(58-88(100)91(90)99)101-92-69(32-26-46-86(92)102-81-42-22-18-38-75(81)97(76-39-19-23-43-82(76)102)71-34-14-10-28-65(71)66-29-11-15-35-72(66)97)70-33-27-47-87(93(70)101)103-83-44-24-20-40-77(83)98(78-41-21-25-45-84(78)103)73-36-16-12-30-67(73)68-31-13-17-37-74(68)98/h10-59H,1-9H3. The van der Waals surface area contributed by atoms with Crippen molar-refractivity contribution >= 4 is 96.1 Å². The van der Waals surface area contributed by atoms with Crippen LogP contribution in [0.15, 0.2) is 303 Å². The summed E-state index contributed by atoms with van der Waals surface area (Å²) in [5.41, 5.74) is 34.5. The number of hydrogen-bond acceptors (Lipinski definition) is 4. The molecule has 21 rings (SSSR count). The molecule has 0 amide bonds. The lowest BCUT2D eigenvalue weighted by atomic mass is 9.33. The Morgan fingerprint density at radius 3 is 1.06 bits per heavy atom. The minimum absolute atomic E-state index is 0.0531. The van der Waals surface area contributed by atoms with Gasteiger partial charge in [-0.25, -0.2) is 0 Å². The van der Waals surface area contributed by atoms with Gasteiger partial charge in [0.2, 0.25) is 0 Å². The Labute approximate surface area is 609 Å². The van der Waals surface area contributed by atoms with Gasteiger partial charge in [-0.3, -0.25) is 0 Å². The number of nitrogens with zero attached hydrogens (tertiary/aromatic N) is 4. The first kappa shape index (κ1) is 60.9. The maximum atomic E-state index is 7.76. The molecular weight excluding hydrogens is 1260 g/mol. The first-order chi connectivity index (χ1) is 50.5. The number of anilines is 9. The molecule has 1 aromatic heterocycles. The molecule has 6 aliphatic rings. The van der Waals surface area contributed by atoms with Crippen molar-refractivity contribution in [3.05, 3.63) is 365 Å². The van der Waals surface area contributed by atoms with Gasteiger partial charge in [0.1, 0.15) is 11.5 Å². The van der Waals surface area contributed by atoms with E-state index in [1.54, 1.807) is 0 Å². The van der Waals surface area contributed by atoms with Crippen LogP contribution >= 0.6 is 0 Å². The molecule has 0 radical (unpaired) electrons. The average molecular weight is 1340 g/mol. The minimum atomic E-state index is -0.602. The lowest BCUT2D eigenvalue weighted by molar-refractivity contribution is 0.486. The monoisotopic (exact) mass is 1340 g/mol. The van der Waals surface area contributed by atoms with E-state index in [0.29, 0.717) is 0 Å². The van der Waals surface area contributed by atoms with Gasteiger partial charge in [-0.15, -0.1) is 0 Å².